The molecule has 1 rings (SSSR count). The number of hydrogen-bond acceptors (Lipinski definition) is 5. The van der Waals surface area contributed by atoms with E-state index < -0.39 is 14.8 Å². The van der Waals surface area contributed by atoms with E-state index in [-0.39, 0.29) is 6.04 Å². The number of hydrogen-bond donors (Lipinski definition) is 2. The Morgan fingerprint density at radius 2 is 2.06 bits per heavy atom. The number of sulfonamides is 1. The Labute approximate surface area is 113 Å². The molecule has 1 heterocycles. The van der Waals surface area contributed by atoms with Crippen molar-refractivity contribution in [2.75, 3.05) is 11.3 Å². The van der Waals surface area contributed by atoms with Crippen molar-refractivity contribution in [2.45, 2.75) is 45.4 Å². The predicted octanol–water partition coefficient (Wildman–Crippen LogP) is 2.35. The predicted molar refractivity (Wildman–Crippen MR) is 76.5 cm³/mol. The molecule has 104 valence electrons. The average molecular weight is 291 g/mol. The third-order valence-electron chi connectivity index (χ3n) is 2.50. The smallest absolute Gasteiger partial charge is 0.239 e. The van der Waals surface area contributed by atoms with Gasteiger partial charge in [-0.1, -0.05) is 6.92 Å². The minimum atomic E-state index is -3.40. The summed E-state index contributed by atoms with van der Waals surface area (Å²) in [4.78, 5) is 4.29. The molecule has 1 atom stereocenters. The lowest BCUT2D eigenvalue weighted by Crippen LogP contribution is -2.33. The monoisotopic (exact) mass is 291 g/mol. The van der Waals surface area contributed by atoms with Gasteiger partial charge in [-0.2, -0.15) is 0 Å². The van der Waals surface area contributed by atoms with Crippen LogP contribution in [0.4, 0.5) is 5.13 Å². The van der Waals surface area contributed by atoms with Gasteiger partial charge in [0, 0.05) is 11.4 Å². The molecule has 1 aromatic heterocycles. The van der Waals surface area contributed by atoms with E-state index in [0.717, 1.165) is 12.2 Å². The number of anilines is 1. The highest BCUT2D eigenvalue weighted by molar-refractivity contribution is 7.94. The van der Waals surface area contributed by atoms with Gasteiger partial charge in [0.05, 0.1) is 10.4 Å². The topological polar surface area (TPSA) is 71.1 Å². The summed E-state index contributed by atoms with van der Waals surface area (Å²) < 4.78 is 25.6. The van der Waals surface area contributed by atoms with Crippen LogP contribution >= 0.6 is 11.3 Å². The maximum atomic E-state index is 12.0. The summed E-state index contributed by atoms with van der Waals surface area (Å²) in [5.41, 5.74) is 0.855. The molecule has 7 heteroatoms. The third-order valence-corrected chi connectivity index (χ3v) is 5.48. The number of thiazole rings is 1. The zero-order valence-electron chi connectivity index (χ0n) is 11.4. The summed E-state index contributed by atoms with van der Waals surface area (Å²) >= 11 is 1.31. The maximum absolute atomic E-state index is 12.0. The van der Waals surface area contributed by atoms with Crippen molar-refractivity contribution in [3.8, 4) is 0 Å². The van der Waals surface area contributed by atoms with Crippen molar-refractivity contribution < 1.29 is 8.42 Å². The molecule has 1 unspecified atom stereocenters. The molecule has 0 radical (unpaired) electrons. The molecule has 0 fully saturated rings. The molecule has 0 bridgehead atoms. The fraction of sp³-hybridized carbons (Fsp3) is 0.727. The first kappa shape index (κ1) is 15.4. The minimum absolute atomic E-state index is 0.124. The lowest BCUT2D eigenvalue weighted by Gasteiger charge is -2.18. The Morgan fingerprint density at radius 3 is 2.56 bits per heavy atom. The van der Waals surface area contributed by atoms with Crippen molar-refractivity contribution in [2.24, 2.45) is 0 Å². The Hall–Kier alpha value is -0.660. The fourth-order valence-electron chi connectivity index (χ4n) is 1.21. The molecular weight excluding hydrogens is 270 g/mol. The van der Waals surface area contributed by atoms with Crippen molar-refractivity contribution in [3.63, 3.8) is 0 Å². The van der Waals surface area contributed by atoms with E-state index in [4.69, 9.17) is 0 Å². The first-order valence-corrected chi connectivity index (χ1v) is 8.25. The van der Waals surface area contributed by atoms with E-state index >= 15 is 0 Å². The second-order valence-corrected chi connectivity index (χ2v) is 8.37. The Kier molecular flexibility index (Phi) is 4.74. The van der Waals surface area contributed by atoms with Crippen LogP contribution in [0, 0.1) is 0 Å². The van der Waals surface area contributed by atoms with Gasteiger partial charge in [0.2, 0.25) is 10.0 Å². The quantitative estimate of drug-likeness (QED) is 0.873. The summed E-state index contributed by atoms with van der Waals surface area (Å²) in [5, 5.41) is 5.52. The van der Waals surface area contributed by atoms with E-state index in [1.807, 2.05) is 19.2 Å². The van der Waals surface area contributed by atoms with Gasteiger partial charge in [-0.15, -0.1) is 11.3 Å². The van der Waals surface area contributed by atoms with E-state index in [0.29, 0.717) is 5.13 Å². The van der Waals surface area contributed by atoms with Gasteiger partial charge in [-0.25, -0.2) is 13.4 Å². The van der Waals surface area contributed by atoms with E-state index in [2.05, 4.69) is 15.0 Å². The third kappa shape index (κ3) is 3.66. The summed E-state index contributed by atoms with van der Waals surface area (Å²) in [6.07, 6.45) is 0. The van der Waals surface area contributed by atoms with E-state index in [1.165, 1.54) is 11.3 Å². The molecule has 1 aromatic rings. The van der Waals surface area contributed by atoms with Crippen LogP contribution < -0.4 is 10.0 Å². The molecule has 0 aliphatic heterocycles. The van der Waals surface area contributed by atoms with E-state index in [1.54, 1.807) is 20.8 Å². The summed E-state index contributed by atoms with van der Waals surface area (Å²) in [7, 11) is -3.40. The number of rotatable bonds is 5. The van der Waals surface area contributed by atoms with Crippen molar-refractivity contribution >= 4 is 26.5 Å². The second-order valence-electron chi connectivity index (χ2n) is 5.07. The summed E-state index contributed by atoms with van der Waals surface area (Å²) in [6, 6.07) is 0.124. The van der Waals surface area contributed by atoms with Crippen LogP contribution in [0.25, 0.3) is 0 Å². The SMILES string of the molecule is CCNC(C)c1csc(NS(=O)(=O)C(C)(C)C)n1. The summed E-state index contributed by atoms with van der Waals surface area (Å²) in [5.74, 6) is 0. The van der Waals surface area contributed by atoms with Crippen LogP contribution in [0.1, 0.15) is 46.4 Å². The first-order valence-electron chi connectivity index (χ1n) is 5.88. The molecule has 0 amide bonds. The average Bonchev–Trinajstić information content (AvgIpc) is 2.64. The van der Waals surface area contributed by atoms with Crippen LogP contribution in [0.15, 0.2) is 5.38 Å². The highest BCUT2D eigenvalue weighted by Crippen LogP contribution is 2.24. The molecule has 0 saturated heterocycles. The molecule has 5 nitrogen and oxygen atoms in total. The van der Waals surface area contributed by atoms with Crippen LogP contribution in [0.5, 0.6) is 0 Å². The van der Waals surface area contributed by atoms with Crippen LogP contribution in [-0.2, 0) is 10.0 Å². The maximum Gasteiger partial charge on any atom is 0.239 e. The van der Waals surface area contributed by atoms with Gasteiger partial charge in [0.25, 0.3) is 0 Å². The lowest BCUT2D eigenvalue weighted by molar-refractivity contribution is 0.565. The zero-order chi connectivity index (χ0) is 14.0. The van der Waals surface area contributed by atoms with Crippen molar-refractivity contribution in [1.82, 2.24) is 10.3 Å². The first-order chi connectivity index (χ1) is 8.17. The lowest BCUT2D eigenvalue weighted by atomic mass is 10.3. The number of aromatic nitrogens is 1. The van der Waals surface area contributed by atoms with Crippen LogP contribution in [-0.4, -0.2) is 24.7 Å². The molecule has 0 aliphatic carbocycles. The van der Waals surface area contributed by atoms with Gasteiger partial charge in [0.15, 0.2) is 5.13 Å². The molecule has 2 N–H and O–H groups in total. The highest BCUT2D eigenvalue weighted by atomic mass is 32.2. The number of nitrogens with one attached hydrogen (secondary N) is 2. The zero-order valence-corrected chi connectivity index (χ0v) is 13.1. The standard InChI is InChI=1S/C11H21N3O2S2/c1-6-12-8(2)9-7-17-10(13-9)14-18(15,16)11(3,4)5/h7-8,12H,6H2,1-5H3,(H,13,14). The van der Waals surface area contributed by atoms with Crippen LogP contribution in [0.3, 0.4) is 0 Å². The molecular formula is C11H21N3O2S2. The van der Waals surface area contributed by atoms with Crippen LogP contribution in [0.2, 0.25) is 0 Å². The molecule has 0 aliphatic rings. The number of nitrogens with zero attached hydrogens (tertiary/aromatic N) is 1. The molecule has 0 saturated carbocycles. The Morgan fingerprint density at radius 1 is 1.44 bits per heavy atom. The normalized spacial score (nSPS) is 14.5. The molecule has 0 aromatic carbocycles. The van der Waals surface area contributed by atoms with Gasteiger partial charge >= 0.3 is 0 Å². The van der Waals surface area contributed by atoms with Crippen molar-refractivity contribution in [3.05, 3.63) is 11.1 Å². The van der Waals surface area contributed by atoms with Crippen molar-refractivity contribution in [1.29, 1.82) is 0 Å². The van der Waals surface area contributed by atoms with Gasteiger partial charge in [-0.3, -0.25) is 4.72 Å². The van der Waals surface area contributed by atoms with Gasteiger partial charge < -0.3 is 5.32 Å². The summed E-state index contributed by atoms with van der Waals surface area (Å²) in [6.45, 7) is 9.84. The van der Waals surface area contributed by atoms with Gasteiger partial charge in [0.1, 0.15) is 0 Å². The van der Waals surface area contributed by atoms with E-state index in [9.17, 15) is 8.42 Å². The largest absolute Gasteiger partial charge is 0.309 e. The highest BCUT2D eigenvalue weighted by Gasteiger charge is 2.29. The minimum Gasteiger partial charge on any atom is -0.309 e. The van der Waals surface area contributed by atoms with Gasteiger partial charge in [-0.05, 0) is 34.2 Å². The Balaban J connectivity index is 2.83. The molecule has 18 heavy (non-hydrogen) atoms. The Bertz CT molecular complexity index is 489. The second kappa shape index (κ2) is 5.54. The molecule has 0 spiro atoms. The fourth-order valence-corrected chi connectivity index (χ4v) is 2.96.